The molecule has 3 aromatic rings. The Hall–Kier alpha value is -3.26. The summed E-state index contributed by atoms with van der Waals surface area (Å²) in [5, 5.41) is 3.36. The van der Waals surface area contributed by atoms with Gasteiger partial charge in [0.15, 0.2) is 0 Å². The van der Waals surface area contributed by atoms with E-state index in [2.05, 4.69) is 5.32 Å². The zero-order valence-corrected chi connectivity index (χ0v) is 16.9. The minimum Gasteiger partial charge on any atom is -0.495 e. The van der Waals surface area contributed by atoms with Crippen LogP contribution in [-0.2, 0) is 17.9 Å². The number of ether oxygens (including phenoxy) is 2. The molecule has 0 saturated carbocycles. The highest BCUT2D eigenvalue weighted by molar-refractivity contribution is 6.32. The second kappa shape index (κ2) is 8.40. The molecule has 0 aliphatic rings. The summed E-state index contributed by atoms with van der Waals surface area (Å²) in [5.41, 5.74) is -0.203. The van der Waals surface area contributed by atoms with Crippen LogP contribution in [0.2, 0.25) is 5.02 Å². The second-order valence-electron chi connectivity index (χ2n) is 6.17. The number of fused-ring (bicyclic) bond motifs is 1. The Morgan fingerprint density at radius 1 is 1.07 bits per heavy atom. The van der Waals surface area contributed by atoms with E-state index < -0.39 is 11.6 Å². The summed E-state index contributed by atoms with van der Waals surface area (Å²) < 4.78 is 12.8. The number of amides is 1. The van der Waals surface area contributed by atoms with Gasteiger partial charge in [-0.25, -0.2) is 4.79 Å². The third-order valence-electron chi connectivity index (χ3n) is 4.50. The van der Waals surface area contributed by atoms with Gasteiger partial charge in [-0.05, 0) is 25.1 Å². The number of benzene rings is 2. The molecule has 152 valence electrons. The van der Waals surface area contributed by atoms with Crippen LogP contribution in [0.1, 0.15) is 6.92 Å². The van der Waals surface area contributed by atoms with E-state index in [1.54, 1.807) is 37.3 Å². The number of anilines is 1. The first-order valence-corrected chi connectivity index (χ1v) is 9.22. The lowest BCUT2D eigenvalue weighted by molar-refractivity contribution is -0.116. The number of rotatable bonds is 6. The standard InChI is InChI=1S/C20H20ClN3O5/c1-4-23-19(26)12-7-5-6-8-15(12)24(20(23)27)11-18(25)22-14-9-13(21)16(28-2)10-17(14)29-3/h5-10H,4,11H2,1-3H3,(H,22,25). The molecule has 1 aromatic heterocycles. The lowest BCUT2D eigenvalue weighted by Crippen LogP contribution is -2.41. The Balaban J connectivity index is 2.01. The number of carbonyl (C=O) groups is 1. The SMILES string of the molecule is CCn1c(=O)c2ccccc2n(CC(=O)Nc2cc(Cl)c(OC)cc2OC)c1=O. The molecule has 1 heterocycles. The molecule has 0 unspecified atom stereocenters. The van der Waals surface area contributed by atoms with Crippen LogP contribution >= 0.6 is 11.6 Å². The number of nitrogens with zero attached hydrogens (tertiary/aromatic N) is 2. The fourth-order valence-electron chi connectivity index (χ4n) is 3.09. The van der Waals surface area contributed by atoms with E-state index in [-0.39, 0.29) is 18.6 Å². The number of methoxy groups -OCH3 is 2. The Bertz CT molecular complexity index is 1200. The Morgan fingerprint density at radius 3 is 2.41 bits per heavy atom. The molecule has 0 spiro atoms. The van der Waals surface area contributed by atoms with E-state index >= 15 is 0 Å². The van der Waals surface area contributed by atoms with Gasteiger partial charge >= 0.3 is 5.69 Å². The van der Waals surface area contributed by atoms with Crippen molar-refractivity contribution in [1.82, 2.24) is 9.13 Å². The van der Waals surface area contributed by atoms with Crippen molar-refractivity contribution in [1.29, 1.82) is 0 Å². The molecule has 0 atom stereocenters. The Morgan fingerprint density at radius 2 is 1.76 bits per heavy atom. The Labute approximate surface area is 171 Å². The molecule has 0 radical (unpaired) electrons. The molecule has 0 aliphatic heterocycles. The van der Waals surface area contributed by atoms with Crippen LogP contribution in [0.5, 0.6) is 11.5 Å². The van der Waals surface area contributed by atoms with Gasteiger partial charge in [-0.1, -0.05) is 23.7 Å². The van der Waals surface area contributed by atoms with Gasteiger partial charge in [0.25, 0.3) is 5.56 Å². The number of aromatic nitrogens is 2. The number of carbonyl (C=O) groups excluding carboxylic acids is 1. The highest BCUT2D eigenvalue weighted by atomic mass is 35.5. The van der Waals surface area contributed by atoms with Gasteiger partial charge in [0.1, 0.15) is 18.0 Å². The molecule has 0 aliphatic carbocycles. The third-order valence-corrected chi connectivity index (χ3v) is 4.79. The van der Waals surface area contributed by atoms with Crippen LogP contribution < -0.4 is 26.0 Å². The number of hydrogen-bond donors (Lipinski definition) is 1. The lowest BCUT2D eigenvalue weighted by Gasteiger charge is -2.15. The fourth-order valence-corrected chi connectivity index (χ4v) is 3.33. The van der Waals surface area contributed by atoms with Crippen molar-refractivity contribution >= 4 is 34.1 Å². The van der Waals surface area contributed by atoms with E-state index in [0.29, 0.717) is 33.1 Å². The summed E-state index contributed by atoms with van der Waals surface area (Å²) in [6.07, 6.45) is 0. The summed E-state index contributed by atoms with van der Waals surface area (Å²) in [7, 11) is 2.92. The summed E-state index contributed by atoms with van der Waals surface area (Å²) in [6, 6.07) is 9.74. The zero-order valence-electron chi connectivity index (χ0n) is 16.2. The van der Waals surface area contributed by atoms with Crippen molar-refractivity contribution in [2.75, 3.05) is 19.5 Å². The number of hydrogen-bond acceptors (Lipinski definition) is 5. The van der Waals surface area contributed by atoms with Crippen LogP contribution in [0.25, 0.3) is 10.9 Å². The van der Waals surface area contributed by atoms with Crippen molar-refractivity contribution in [2.24, 2.45) is 0 Å². The minimum absolute atomic E-state index is 0.200. The minimum atomic E-state index is -0.550. The lowest BCUT2D eigenvalue weighted by atomic mass is 10.2. The van der Waals surface area contributed by atoms with Crippen LogP contribution in [0.15, 0.2) is 46.0 Å². The molecular formula is C20H20ClN3O5. The Kier molecular flexibility index (Phi) is 5.93. The first kappa shape index (κ1) is 20.5. The van der Waals surface area contributed by atoms with Gasteiger partial charge in [-0.15, -0.1) is 0 Å². The number of para-hydroxylation sites is 1. The van der Waals surface area contributed by atoms with Gasteiger partial charge in [-0.2, -0.15) is 0 Å². The molecular weight excluding hydrogens is 398 g/mol. The van der Waals surface area contributed by atoms with E-state index in [4.69, 9.17) is 21.1 Å². The fraction of sp³-hybridized carbons (Fsp3) is 0.250. The molecule has 0 saturated heterocycles. The smallest absolute Gasteiger partial charge is 0.331 e. The maximum atomic E-state index is 12.8. The summed E-state index contributed by atoms with van der Waals surface area (Å²) in [6.45, 7) is 1.62. The first-order chi connectivity index (χ1) is 13.9. The molecule has 2 aromatic carbocycles. The monoisotopic (exact) mass is 417 g/mol. The van der Waals surface area contributed by atoms with Crippen LogP contribution in [0.4, 0.5) is 5.69 Å². The van der Waals surface area contributed by atoms with Gasteiger partial charge in [0.05, 0.1) is 35.8 Å². The first-order valence-electron chi connectivity index (χ1n) is 8.85. The van der Waals surface area contributed by atoms with E-state index in [1.165, 1.54) is 24.9 Å². The molecule has 0 fully saturated rings. The van der Waals surface area contributed by atoms with E-state index in [1.807, 2.05) is 0 Å². The predicted molar refractivity (Wildman–Crippen MR) is 111 cm³/mol. The number of halogens is 1. The highest BCUT2D eigenvalue weighted by Crippen LogP contribution is 2.35. The topological polar surface area (TPSA) is 91.6 Å². The maximum Gasteiger partial charge on any atom is 0.331 e. The number of nitrogens with one attached hydrogen (secondary N) is 1. The highest BCUT2D eigenvalue weighted by Gasteiger charge is 2.17. The molecule has 8 nitrogen and oxygen atoms in total. The van der Waals surface area contributed by atoms with Crippen molar-refractivity contribution in [3.05, 3.63) is 62.3 Å². The van der Waals surface area contributed by atoms with Crippen LogP contribution in [0, 0.1) is 0 Å². The van der Waals surface area contributed by atoms with E-state index in [9.17, 15) is 14.4 Å². The van der Waals surface area contributed by atoms with Crippen molar-refractivity contribution < 1.29 is 14.3 Å². The van der Waals surface area contributed by atoms with E-state index in [0.717, 1.165) is 4.57 Å². The maximum absolute atomic E-state index is 12.8. The summed E-state index contributed by atoms with van der Waals surface area (Å²) in [4.78, 5) is 38.0. The predicted octanol–water partition coefficient (Wildman–Crippen LogP) is 2.49. The van der Waals surface area contributed by atoms with Gasteiger partial charge < -0.3 is 14.8 Å². The molecule has 0 bridgehead atoms. The summed E-state index contributed by atoms with van der Waals surface area (Å²) >= 11 is 6.14. The quantitative estimate of drug-likeness (QED) is 0.665. The normalized spacial score (nSPS) is 10.8. The molecule has 29 heavy (non-hydrogen) atoms. The molecule has 1 N–H and O–H groups in total. The van der Waals surface area contributed by atoms with Gasteiger partial charge in [0.2, 0.25) is 5.91 Å². The van der Waals surface area contributed by atoms with Crippen LogP contribution in [-0.4, -0.2) is 29.3 Å². The average molecular weight is 418 g/mol. The molecule has 3 rings (SSSR count). The summed E-state index contributed by atoms with van der Waals surface area (Å²) in [5.74, 6) is 0.284. The zero-order chi connectivity index (χ0) is 21.1. The molecule has 1 amide bonds. The van der Waals surface area contributed by atoms with Crippen molar-refractivity contribution in [2.45, 2.75) is 20.0 Å². The van der Waals surface area contributed by atoms with Crippen molar-refractivity contribution in [3.8, 4) is 11.5 Å². The average Bonchev–Trinajstić information content (AvgIpc) is 2.72. The van der Waals surface area contributed by atoms with Crippen LogP contribution in [0.3, 0.4) is 0 Å². The largest absolute Gasteiger partial charge is 0.495 e. The van der Waals surface area contributed by atoms with Gasteiger partial charge in [0, 0.05) is 12.6 Å². The second-order valence-corrected chi connectivity index (χ2v) is 6.58. The molecule has 9 heteroatoms. The third kappa shape index (κ3) is 3.84. The van der Waals surface area contributed by atoms with Crippen molar-refractivity contribution in [3.63, 3.8) is 0 Å². The van der Waals surface area contributed by atoms with Gasteiger partial charge in [-0.3, -0.25) is 18.7 Å².